The summed E-state index contributed by atoms with van der Waals surface area (Å²) in [5.41, 5.74) is 2.16. The fourth-order valence-electron chi connectivity index (χ4n) is 3.92. The van der Waals surface area contributed by atoms with Crippen molar-refractivity contribution < 1.29 is 18.7 Å². The normalized spacial score (nSPS) is 10.8. The van der Waals surface area contributed by atoms with Crippen LogP contribution >= 0.6 is 0 Å². The van der Waals surface area contributed by atoms with Gasteiger partial charge in [-0.3, -0.25) is 19.3 Å². The van der Waals surface area contributed by atoms with E-state index in [-0.39, 0.29) is 11.3 Å². The van der Waals surface area contributed by atoms with Crippen LogP contribution < -0.4 is 20.2 Å². The molecule has 38 heavy (non-hydrogen) atoms. The van der Waals surface area contributed by atoms with Crippen LogP contribution in [0.4, 0.5) is 10.1 Å². The first-order valence-electron chi connectivity index (χ1n) is 11.6. The summed E-state index contributed by atoms with van der Waals surface area (Å²) in [7, 11) is 3.19. The van der Waals surface area contributed by atoms with E-state index >= 15 is 0 Å². The lowest BCUT2D eigenvalue weighted by molar-refractivity contribution is 0.101. The van der Waals surface area contributed by atoms with E-state index in [1.807, 2.05) is 0 Å². The number of aryl methyl sites for hydroxylation is 1. The lowest BCUT2D eigenvalue weighted by Crippen LogP contribution is -2.28. The molecule has 0 aliphatic rings. The van der Waals surface area contributed by atoms with E-state index < -0.39 is 17.2 Å². The molecule has 3 heterocycles. The van der Waals surface area contributed by atoms with Gasteiger partial charge in [0.2, 0.25) is 5.43 Å². The van der Waals surface area contributed by atoms with Crippen LogP contribution in [0.1, 0.15) is 16.2 Å². The van der Waals surface area contributed by atoms with Crippen molar-refractivity contribution in [2.75, 3.05) is 12.4 Å². The van der Waals surface area contributed by atoms with E-state index in [1.54, 1.807) is 69.9 Å². The summed E-state index contributed by atoms with van der Waals surface area (Å²) in [5.74, 6) is 0.522. The Labute approximate surface area is 216 Å². The molecule has 1 N–H and O–H groups in total. The molecule has 0 aliphatic heterocycles. The molecule has 0 fully saturated rings. The van der Waals surface area contributed by atoms with Gasteiger partial charge in [0.15, 0.2) is 11.4 Å². The molecule has 2 aromatic carbocycles. The van der Waals surface area contributed by atoms with Crippen LogP contribution in [0.25, 0.3) is 22.2 Å². The zero-order valence-electron chi connectivity index (χ0n) is 20.7. The van der Waals surface area contributed by atoms with Crippen LogP contribution in [-0.4, -0.2) is 32.8 Å². The number of hydrogen-bond acceptors (Lipinski definition) is 7. The maximum Gasteiger partial charge on any atom is 0.280 e. The number of halogens is 1. The highest BCUT2D eigenvalue weighted by molar-refractivity contribution is 6.03. The molecule has 0 bridgehead atoms. The molecule has 0 saturated carbocycles. The van der Waals surface area contributed by atoms with E-state index in [9.17, 15) is 14.0 Å². The Hall–Kier alpha value is -5.12. The molecule has 3 aromatic heterocycles. The summed E-state index contributed by atoms with van der Waals surface area (Å²) in [6, 6.07) is 15.6. The Bertz CT molecular complexity index is 1720. The van der Waals surface area contributed by atoms with Crippen molar-refractivity contribution in [1.29, 1.82) is 0 Å². The van der Waals surface area contributed by atoms with Gasteiger partial charge in [0.25, 0.3) is 5.91 Å². The van der Waals surface area contributed by atoms with Gasteiger partial charge in [-0.25, -0.2) is 9.37 Å². The van der Waals surface area contributed by atoms with Crippen molar-refractivity contribution in [1.82, 2.24) is 19.7 Å². The van der Waals surface area contributed by atoms with Crippen LogP contribution in [-0.2, 0) is 7.05 Å². The number of nitrogens with one attached hydrogen (secondary N) is 1. The number of fused-ring (bicyclic) bond motifs is 1. The van der Waals surface area contributed by atoms with Crippen LogP contribution in [0.3, 0.4) is 0 Å². The lowest BCUT2D eigenvalue weighted by atomic mass is 10.0. The number of rotatable bonds is 6. The van der Waals surface area contributed by atoms with Crippen LogP contribution in [0, 0.1) is 12.7 Å². The number of carbonyl (C=O) groups excluding carboxylic acids is 1. The Morgan fingerprint density at radius 2 is 1.74 bits per heavy atom. The van der Waals surface area contributed by atoms with Crippen molar-refractivity contribution in [3.63, 3.8) is 0 Å². The Morgan fingerprint density at radius 3 is 2.45 bits per heavy atom. The predicted octanol–water partition coefficient (Wildman–Crippen LogP) is 4.89. The van der Waals surface area contributed by atoms with Crippen molar-refractivity contribution in [3.8, 4) is 28.4 Å². The minimum absolute atomic E-state index is 0.275. The number of amides is 1. The molecule has 190 valence electrons. The van der Waals surface area contributed by atoms with Gasteiger partial charge in [-0.1, -0.05) is 12.1 Å². The first-order valence-corrected chi connectivity index (χ1v) is 11.6. The summed E-state index contributed by atoms with van der Waals surface area (Å²) < 4.78 is 26.0. The summed E-state index contributed by atoms with van der Waals surface area (Å²) in [6.07, 6.45) is 3.20. The highest BCUT2D eigenvalue weighted by Gasteiger charge is 2.20. The van der Waals surface area contributed by atoms with E-state index in [4.69, 9.17) is 9.47 Å². The fourth-order valence-corrected chi connectivity index (χ4v) is 3.92. The number of aromatic nitrogens is 4. The number of ether oxygens (including phenoxy) is 2. The highest BCUT2D eigenvalue weighted by atomic mass is 19.1. The maximum atomic E-state index is 13.4. The zero-order chi connectivity index (χ0) is 26.8. The fraction of sp³-hybridized carbons (Fsp3) is 0.107. The molecule has 0 atom stereocenters. The molecule has 5 aromatic rings. The quantitative estimate of drug-likeness (QED) is 0.346. The molecule has 0 radical (unpaired) electrons. The summed E-state index contributed by atoms with van der Waals surface area (Å²) >= 11 is 0. The minimum Gasteiger partial charge on any atom is -0.495 e. The van der Waals surface area contributed by atoms with Crippen molar-refractivity contribution in [3.05, 3.63) is 100 Å². The Kier molecular flexibility index (Phi) is 6.53. The monoisotopic (exact) mass is 511 g/mol. The Morgan fingerprint density at radius 1 is 1.00 bits per heavy atom. The molecular formula is C28H22FN5O4. The molecule has 10 heteroatoms. The van der Waals surface area contributed by atoms with Crippen molar-refractivity contribution in [2.24, 2.45) is 7.05 Å². The second kappa shape index (κ2) is 10.1. The Balaban J connectivity index is 1.37. The van der Waals surface area contributed by atoms with Gasteiger partial charge in [-0.15, -0.1) is 0 Å². The highest BCUT2D eigenvalue weighted by Crippen LogP contribution is 2.29. The van der Waals surface area contributed by atoms with Gasteiger partial charge in [0, 0.05) is 36.8 Å². The molecule has 1 amide bonds. The van der Waals surface area contributed by atoms with Gasteiger partial charge in [-0.2, -0.15) is 5.10 Å². The number of benzene rings is 2. The van der Waals surface area contributed by atoms with Crippen LogP contribution in [0.15, 0.2) is 77.9 Å². The van der Waals surface area contributed by atoms with E-state index in [0.29, 0.717) is 45.2 Å². The largest absolute Gasteiger partial charge is 0.495 e. The van der Waals surface area contributed by atoms with E-state index in [0.717, 1.165) is 0 Å². The first kappa shape index (κ1) is 24.6. The third-order valence-electron chi connectivity index (χ3n) is 5.98. The average molecular weight is 512 g/mol. The SMILES string of the molecule is COc1cnc2c(Oc3ccc(NC(=O)c4nn(C)c(C)c(-c5ccc(F)cc5)c4=O)cc3)ccnc2c1. The van der Waals surface area contributed by atoms with Crippen LogP contribution in [0.5, 0.6) is 17.2 Å². The summed E-state index contributed by atoms with van der Waals surface area (Å²) in [4.78, 5) is 34.9. The predicted molar refractivity (Wildman–Crippen MR) is 140 cm³/mol. The molecule has 0 aliphatic carbocycles. The number of pyridine rings is 2. The smallest absolute Gasteiger partial charge is 0.280 e. The molecule has 0 spiro atoms. The summed E-state index contributed by atoms with van der Waals surface area (Å²) in [6.45, 7) is 1.71. The van der Waals surface area contributed by atoms with E-state index in [1.165, 1.54) is 28.9 Å². The minimum atomic E-state index is -0.666. The molecular weight excluding hydrogens is 489 g/mol. The second-order valence-corrected chi connectivity index (χ2v) is 8.40. The van der Waals surface area contributed by atoms with Gasteiger partial charge in [0.05, 0.1) is 24.4 Å². The number of methoxy groups -OCH3 is 1. The van der Waals surface area contributed by atoms with Gasteiger partial charge < -0.3 is 14.8 Å². The number of carbonyl (C=O) groups is 1. The molecule has 0 saturated heterocycles. The molecule has 5 rings (SSSR count). The number of anilines is 1. The summed E-state index contributed by atoms with van der Waals surface area (Å²) in [5, 5.41) is 6.86. The first-order chi connectivity index (χ1) is 18.3. The average Bonchev–Trinajstić information content (AvgIpc) is 2.92. The third-order valence-corrected chi connectivity index (χ3v) is 5.98. The van der Waals surface area contributed by atoms with Gasteiger partial charge in [0.1, 0.15) is 22.8 Å². The molecule has 0 unspecified atom stereocenters. The second-order valence-electron chi connectivity index (χ2n) is 8.40. The number of nitrogens with zero attached hydrogens (tertiary/aromatic N) is 4. The maximum absolute atomic E-state index is 13.4. The lowest BCUT2D eigenvalue weighted by Gasteiger charge is -2.13. The molecule has 9 nitrogen and oxygen atoms in total. The van der Waals surface area contributed by atoms with Crippen molar-refractivity contribution in [2.45, 2.75) is 6.92 Å². The van der Waals surface area contributed by atoms with Gasteiger partial charge in [-0.05, 0) is 48.9 Å². The van der Waals surface area contributed by atoms with Crippen LogP contribution in [0.2, 0.25) is 0 Å². The zero-order valence-corrected chi connectivity index (χ0v) is 20.7. The van der Waals surface area contributed by atoms with E-state index in [2.05, 4.69) is 20.4 Å². The topological polar surface area (TPSA) is 108 Å². The van der Waals surface area contributed by atoms with Crippen molar-refractivity contribution >= 4 is 22.6 Å². The van der Waals surface area contributed by atoms with Gasteiger partial charge >= 0.3 is 0 Å². The number of hydrogen-bond donors (Lipinski definition) is 1. The third kappa shape index (κ3) is 4.79. The standard InChI is InChI=1S/C28H22FN5O4/c1-16-24(17-4-6-18(29)7-5-17)27(35)26(33-34(16)2)28(36)32-19-8-10-20(11-9-19)38-23-12-13-30-22-14-21(37-3)15-31-25(22)23/h4-15H,1-3H3,(H,32,36).